The smallest absolute Gasteiger partial charge is 0.312 e. The third-order valence-corrected chi connectivity index (χ3v) is 3.29. The van der Waals surface area contributed by atoms with Gasteiger partial charge >= 0.3 is 6.03 Å². The minimum absolute atomic E-state index is 0.272. The van der Waals surface area contributed by atoms with Crippen molar-refractivity contribution in [1.82, 2.24) is 5.32 Å². The third-order valence-electron chi connectivity index (χ3n) is 3.29. The van der Waals surface area contributed by atoms with Gasteiger partial charge in [-0.15, -0.1) is 0 Å². The predicted octanol–water partition coefficient (Wildman–Crippen LogP) is 2.18. The van der Waals surface area contributed by atoms with Crippen molar-refractivity contribution >= 4 is 6.03 Å². The molecule has 1 aliphatic carbocycles. The summed E-state index contributed by atoms with van der Waals surface area (Å²) in [6.07, 6.45) is 4.89. The van der Waals surface area contributed by atoms with E-state index in [1.165, 1.54) is 12.8 Å². The first kappa shape index (κ1) is 13.5. The van der Waals surface area contributed by atoms with Crippen LogP contribution in [0, 0.1) is 0 Å². The topological polar surface area (TPSA) is 73.6 Å². The summed E-state index contributed by atoms with van der Waals surface area (Å²) in [7, 11) is 1.62. The fraction of sp³-hybridized carbons (Fsp3) is 0.500. The molecule has 0 unspecified atom stereocenters. The molecule has 0 radical (unpaired) electrons. The van der Waals surface area contributed by atoms with Crippen LogP contribution in [0.4, 0.5) is 4.79 Å². The van der Waals surface area contributed by atoms with Crippen molar-refractivity contribution in [3.05, 3.63) is 23.8 Å². The molecule has 1 aliphatic rings. The van der Waals surface area contributed by atoms with Crippen molar-refractivity contribution in [2.45, 2.75) is 38.3 Å². The largest absolute Gasteiger partial charge is 0.493 e. The fourth-order valence-electron chi connectivity index (χ4n) is 2.30. The number of carbonyl (C=O) groups is 1. The number of rotatable bonds is 5. The van der Waals surface area contributed by atoms with Gasteiger partial charge in [0.15, 0.2) is 11.5 Å². The first-order chi connectivity index (χ1) is 9.19. The second-order valence-corrected chi connectivity index (χ2v) is 4.73. The SMILES string of the molecule is COc1ccc(CNC(N)=O)cc1OC1CCCC1. The van der Waals surface area contributed by atoms with E-state index in [1.807, 2.05) is 18.2 Å². The summed E-state index contributed by atoms with van der Waals surface area (Å²) >= 11 is 0. The molecule has 19 heavy (non-hydrogen) atoms. The van der Waals surface area contributed by atoms with Crippen LogP contribution in [0.15, 0.2) is 18.2 Å². The van der Waals surface area contributed by atoms with Gasteiger partial charge < -0.3 is 20.5 Å². The maximum absolute atomic E-state index is 10.7. The zero-order valence-corrected chi connectivity index (χ0v) is 11.1. The average Bonchev–Trinajstić information content (AvgIpc) is 2.89. The maximum atomic E-state index is 10.7. The van der Waals surface area contributed by atoms with Crippen LogP contribution in [0.5, 0.6) is 11.5 Å². The molecule has 0 aromatic heterocycles. The second kappa shape index (κ2) is 6.31. The van der Waals surface area contributed by atoms with E-state index in [4.69, 9.17) is 15.2 Å². The van der Waals surface area contributed by atoms with Gasteiger partial charge in [0.1, 0.15) is 0 Å². The fourth-order valence-corrected chi connectivity index (χ4v) is 2.30. The minimum Gasteiger partial charge on any atom is -0.493 e. The van der Waals surface area contributed by atoms with E-state index in [-0.39, 0.29) is 6.10 Å². The quantitative estimate of drug-likeness (QED) is 0.856. The number of amides is 2. The molecule has 0 aliphatic heterocycles. The third kappa shape index (κ3) is 3.77. The lowest BCUT2D eigenvalue weighted by molar-refractivity contribution is 0.200. The molecule has 104 valence electrons. The summed E-state index contributed by atoms with van der Waals surface area (Å²) in [5, 5.41) is 2.56. The molecular formula is C14H20N2O3. The van der Waals surface area contributed by atoms with Crippen LogP contribution in [0.2, 0.25) is 0 Å². The molecule has 2 amide bonds. The Hall–Kier alpha value is -1.91. The van der Waals surface area contributed by atoms with Crippen LogP contribution in [-0.4, -0.2) is 19.2 Å². The van der Waals surface area contributed by atoms with Crippen molar-refractivity contribution in [2.75, 3.05) is 7.11 Å². The molecule has 1 fully saturated rings. The minimum atomic E-state index is -0.533. The Bertz CT molecular complexity index is 442. The van der Waals surface area contributed by atoms with Gasteiger partial charge in [0.2, 0.25) is 0 Å². The number of hydrogen-bond donors (Lipinski definition) is 2. The highest BCUT2D eigenvalue weighted by molar-refractivity contribution is 5.71. The van der Waals surface area contributed by atoms with Crippen molar-refractivity contribution < 1.29 is 14.3 Å². The molecule has 1 saturated carbocycles. The summed E-state index contributed by atoms with van der Waals surface area (Å²) < 4.78 is 11.3. The number of nitrogens with one attached hydrogen (secondary N) is 1. The van der Waals surface area contributed by atoms with Crippen LogP contribution in [0.3, 0.4) is 0 Å². The van der Waals surface area contributed by atoms with E-state index in [2.05, 4.69) is 5.32 Å². The number of benzene rings is 1. The van der Waals surface area contributed by atoms with Crippen molar-refractivity contribution in [2.24, 2.45) is 5.73 Å². The molecule has 0 saturated heterocycles. The number of nitrogens with two attached hydrogens (primary N) is 1. The first-order valence-electron chi connectivity index (χ1n) is 6.56. The number of primary amides is 1. The Labute approximate surface area is 113 Å². The molecule has 1 aromatic rings. The Kier molecular flexibility index (Phi) is 4.49. The monoisotopic (exact) mass is 264 g/mol. The molecule has 5 nitrogen and oxygen atoms in total. The molecule has 2 rings (SSSR count). The van der Waals surface area contributed by atoms with Gasteiger partial charge in [-0.1, -0.05) is 6.07 Å². The van der Waals surface area contributed by atoms with Crippen LogP contribution in [0.1, 0.15) is 31.2 Å². The number of methoxy groups -OCH3 is 1. The Morgan fingerprint density at radius 2 is 2.11 bits per heavy atom. The summed E-state index contributed by atoms with van der Waals surface area (Å²) in [5.74, 6) is 1.45. The number of carbonyl (C=O) groups excluding carboxylic acids is 1. The van der Waals surface area contributed by atoms with Gasteiger partial charge in [-0.2, -0.15) is 0 Å². The van der Waals surface area contributed by atoms with E-state index < -0.39 is 6.03 Å². The second-order valence-electron chi connectivity index (χ2n) is 4.73. The van der Waals surface area contributed by atoms with Gasteiger partial charge in [-0.05, 0) is 43.4 Å². The van der Waals surface area contributed by atoms with E-state index in [9.17, 15) is 4.79 Å². The highest BCUT2D eigenvalue weighted by Crippen LogP contribution is 2.32. The number of urea groups is 1. The van der Waals surface area contributed by atoms with Crippen LogP contribution < -0.4 is 20.5 Å². The lowest BCUT2D eigenvalue weighted by Gasteiger charge is -2.17. The normalized spacial score (nSPS) is 15.2. The zero-order chi connectivity index (χ0) is 13.7. The highest BCUT2D eigenvalue weighted by atomic mass is 16.5. The Morgan fingerprint density at radius 3 is 2.74 bits per heavy atom. The van der Waals surface area contributed by atoms with Gasteiger partial charge in [0.25, 0.3) is 0 Å². The van der Waals surface area contributed by atoms with Crippen molar-refractivity contribution in [3.8, 4) is 11.5 Å². The van der Waals surface area contributed by atoms with Gasteiger partial charge in [0, 0.05) is 6.54 Å². The molecule has 0 spiro atoms. The summed E-state index contributed by atoms with van der Waals surface area (Å²) in [6.45, 7) is 0.389. The first-order valence-corrected chi connectivity index (χ1v) is 6.56. The standard InChI is InChI=1S/C14H20N2O3/c1-18-12-7-6-10(9-16-14(15)17)8-13(12)19-11-4-2-3-5-11/h6-8,11H,2-5,9H2,1H3,(H3,15,16,17). The van der Waals surface area contributed by atoms with Crippen LogP contribution in [0.25, 0.3) is 0 Å². The average molecular weight is 264 g/mol. The summed E-state index contributed by atoms with van der Waals surface area (Å²) in [5.41, 5.74) is 6.00. The maximum Gasteiger partial charge on any atom is 0.312 e. The molecule has 1 aromatic carbocycles. The van der Waals surface area contributed by atoms with E-state index in [0.29, 0.717) is 6.54 Å². The number of ether oxygens (including phenoxy) is 2. The summed E-state index contributed by atoms with van der Waals surface area (Å²) in [4.78, 5) is 10.7. The molecular weight excluding hydrogens is 244 g/mol. The van der Waals surface area contributed by atoms with Gasteiger partial charge in [-0.25, -0.2) is 4.79 Å². The predicted molar refractivity (Wildman–Crippen MR) is 72.3 cm³/mol. The molecule has 5 heteroatoms. The van der Waals surface area contributed by atoms with E-state index >= 15 is 0 Å². The van der Waals surface area contributed by atoms with Crippen LogP contribution >= 0.6 is 0 Å². The zero-order valence-electron chi connectivity index (χ0n) is 11.1. The van der Waals surface area contributed by atoms with Crippen LogP contribution in [-0.2, 0) is 6.54 Å². The molecule has 0 atom stereocenters. The molecule has 3 N–H and O–H groups in total. The number of hydrogen-bond acceptors (Lipinski definition) is 3. The lowest BCUT2D eigenvalue weighted by atomic mass is 10.2. The lowest BCUT2D eigenvalue weighted by Crippen LogP contribution is -2.28. The molecule has 0 heterocycles. The van der Waals surface area contributed by atoms with Gasteiger partial charge in [-0.3, -0.25) is 0 Å². The molecule has 0 bridgehead atoms. The Morgan fingerprint density at radius 1 is 1.37 bits per heavy atom. The summed E-state index contributed by atoms with van der Waals surface area (Å²) in [6, 6.07) is 5.10. The Balaban J connectivity index is 2.08. The van der Waals surface area contributed by atoms with E-state index in [1.54, 1.807) is 7.11 Å². The van der Waals surface area contributed by atoms with E-state index in [0.717, 1.165) is 29.9 Å². The van der Waals surface area contributed by atoms with Crippen molar-refractivity contribution in [1.29, 1.82) is 0 Å². The van der Waals surface area contributed by atoms with Crippen molar-refractivity contribution in [3.63, 3.8) is 0 Å². The highest BCUT2D eigenvalue weighted by Gasteiger charge is 2.18. The van der Waals surface area contributed by atoms with Gasteiger partial charge in [0.05, 0.1) is 13.2 Å².